The number of ether oxygens (including phenoxy) is 3. The molecule has 2 unspecified atom stereocenters. The van der Waals surface area contributed by atoms with Crippen molar-refractivity contribution in [1.29, 1.82) is 0 Å². The fourth-order valence-corrected chi connectivity index (χ4v) is 2.01. The van der Waals surface area contributed by atoms with Crippen LogP contribution in [0.4, 0.5) is 4.79 Å². The minimum atomic E-state index is -1.26. The average Bonchev–Trinajstić information content (AvgIpc) is 2.69. The van der Waals surface area contributed by atoms with Crippen LogP contribution >= 0.6 is 0 Å². The first kappa shape index (κ1) is 18.3. The number of carbonyl (C=O) groups excluding carboxylic acids is 2. The van der Waals surface area contributed by atoms with E-state index in [9.17, 15) is 14.7 Å². The summed E-state index contributed by atoms with van der Waals surface area (Å²) in [7, 11) is 1.19. The zero-order valence-electron chi connectivity index (χ0n) is 13.8. The molecule has 1 aliphatic rings. The van der Waals surface area contributed by atoms with Crippen LogP contribution in [0.15, 0.2) is 0 Å². The van der Waals surface area contributed by atoms with E-state index in [1.54, 1.807) is 34.6 Å². The fraction of sp³-hybridized carbons (Fsp3) is 0.733. The van der Waals surface area contributed by atoms with Crippen molar-refractivity contribution < 1.29 is 28.9 Å². The second kappa shape index (κ2) is 6.55. The standard InChI is InChI=1S/C15H23NO6/c1-14(2,3)22-13(19)16-10(9-21-15(16,4)5)11(17)7-8-12(18)20-6/h10-11,17H,9H2,1-6H3. The van der Waals surface area contributed by atoms with Gasteiger partial charge >= 0.3 is 12.1 Å². The van der Waals surface area contributed by atoms with Gasteiger partial charge in [0.25, 0.3) is 0 Å². The molecule has 7 heteroatoms. The normalized spacial score (nSPS) is 21.6. The Bertz CT molecular complexity index is 496. The molecule has 1 fully saturated rings. The molecule has 1 aliphatic heterocycles. The molecule has 0 spiro atoms. The van der Waals surface area contributed by atoms with Gasteiger partial charge in [0, 0.05) is 5.92 Å². The maximum atomic E-state index is 12.4. The molecule has 124 valence electrons. The third-order valence-electron chi connectivity index (χ3n) is 2.98. The molecule has 1 saturated heterocycles. The number of carbonyl (C=O) groups is 2. The smallest absolute Gasteiger partial charge is 0.413 e. The molecule has 0 saturated carbocycles. The molecule has 0 bridgehead atoms. The molecule has 0 aromatic carbocycles. The lowest BCUT2D eigenvalue weighted by molar-refractivity contribution is -0.133. The van der Waals surface area contributed by atoms with Gasteiger partial charge in [-0.3, -0.25) is 4.90 Å². The van der Waals surface area contributed by atoms with Crippen LogP contribution in [0.1, 0.15) is 34.6 Å². The highest BCUT2D eigenvalue weighted by atomic mass is 16.6. The number of hydrogen-bond acceptors (Lipinski definition) is 6. The first-order valence-electron chi connectivity index (χ1n) is 6.92. The van der Waals surface area contributed by atoms with E-state index in [4.69, 9.17) is 9.47 Å². The van der Waals surface area contributed by atoms with Gasteiger partial charge in [-0.2, -0.15) is 0 Å². The van der Waals surface area contributed by atoms with Gasteiger partial charge < -0.3 is 19.3 Å². The predicted octanol–water partition coefficient (Wildman–Crippen LogP) is 0.896. The van der Waals surface area contributed by atoms with Crippen LogP contribution in [0.3, 0.4) is 0 Å². The van der Waals surface area contributed by atoms with Crippen LogP contribution in [0.5, 0.6) is 0 Å². The van der Waals surface area contributed by atoms with Gasteiger partial charge in [-0.1, -0.05) is 5.92 Å². The Labute approximate surface area is 130 Å². The zero-order chi connectivity index (χ0) is 17.1. The number of hydrogen-bond donors (Lipinski definition) is 1. The first-order chi connectivity index (χ1) is 9.98. The summed E-state index contributed by atoms with van der Waals surface area (Å²) in [5.74, 6) is 3.75. The van der Waals surface area contributed by atoms with Crippen molar-refractivity contribution in [2.45, 2.75) is 58.1 Å². The highest BCUT2D eigenvalue weighted by Crippen LogP contribution is 2.30. The van der Waals surface area contributed by atoms with E-state index in [-0.39, 0.29) is 6.61 Å². The van der Waals surface area contributed by atoms with Crippen molar-refractivity contribution in [3.63, 3.8) is 0 Å². The fourth-order valence-electron chi connectivity index (χ4n) is 2.01. The summed E-state index contributed by atoms with van der Waals surface area (Å²) in [6.45, 7) is 8.71. The third kappa shape index (κ3) is 4.61. The Balaban J connectivity index is 2.95. The maximum absolute atomic E-state index is 12.4. The second-order valence-electron chi connectivity index (χ2n) is 6.38. The van der Waals surface area contributed by atoms with E-state index in [0.717, 1.165) is 0 Å². The summed E-state index contributed by atoms with van der Waals surface area (Å²) in [5.41, 5.74) is -1.62. The quantitative estimate of drug-likeness (QED) is 0.440. The Kier molecular flexibility index (Phi) is 5.44. The highest BCUT2D eigenvalue weighted by Gasteiger charge is 2.48. The first-order valence-corrected chi connectivity index (χ1v) is 6.92. The SMILES string of the molecule is COC(=O)C#CC(O)C1COC(C)(C)N1C(=O)OC(C)(C)C. The second-order valence-corrected chi connectivity index (χ2v) is 6.38. The van der Waals surface area contributed by atoms with Crippen LogP contribution in [-0.2, 0) is 19.0 Å². The molecule has 0 aromatic heterocycles. The lowest BCUT2D eigenvalue weighted by Crippen LogP contribution is -2.53. The molecular formula is C15H23NO6. The Morgan fingerprint density at radius 3 is 2.50 bits per heavy atom. The monoisotopic (exact) mass is 313 g/mol. The van der Waals surface area contributed by atoms with Gasteiger partial charge in [0.1, 0.15) is 17.4 Å². The summed E-state index contributed by atoms with van der Waals surface area (Å²) in [4.78, 5) is 24.7. The Hall–Kier alpha value is -1.78. The molecule has 0 aliphatic carbocycles. The number of nitrogens with zero attached hydrogens (tertiary/aromatic N) is 1. The van der Waals surface area contributed by atoms with Gasteiger partial charge in [-0.25, -0.2) is 9.59 Å². The number of aliphatic hydroxyl groups is 1. The van der Waals surface area contributed by atoms with Crippen LogP contribution in [0, 0.1) is 11.8 Å². The molecule has 1 rings (SSSR count). The van der Waals surface area contributed by atoms with Crippen molar-refractivity contribution >= 4 is 12.1 Å². The summed E-state index contributed by atoms with van der Waals surface area (Å²) in [6.07, 6.45) is -1.87. The highest BCUT2D eigenvalue weighted by molar-refractivity contribution is 5.88. The summed E-state index contributed by atoms with van der Waals surface area (Å²) in [6, 6.07) is -0.734. The Morgan fingerprint density at radius 1 is 1.41 bits per heavy atom. The summed E-state index contributed by atoms with van der Waals surface area (Å²) >= 11 is 0. The molecule has 22 heavy (non-hydrogen) atoms. The van der Waals surface area contributed by atoms with Gasteiger partial charge in [-0.15, -0.1) is 0 Å². The van der Waals surface area contributed by atoms with Crippen molar-refractivity contribution in [3.05, 3.63) is 0 Å². The average molecular weight is 313 g/mol. The molecule has 7 nitrogen and oxygen atoms in total. The molecule has 0 aromatic rings. The molecular weight excluding hydrogens is 290 g/mol. The lowest BCUT2D eigenvalue weighted by Gasteiger charge is -2.35. The zero-order valence-corrected chi connectivity index (χ0v) is 13.8. The van der Waals surface area contributed by atoms with Crippen molar-refractivity contribution in [2.24, 2.45) is 0 Å². The molecule has 2 atom stereocenters. The van der Waals surface area contributed by atoms with Crippen molar-refractivity contribution in [1.82, 2.24) is 4.90 Å². The number of rotatable bonds is 1. The van der Waals surface area contributed by atoms with Crippen LogP contribution in [0.2, 0.25) is 0 Å². The summed E-state index contributed by atoms with van der Waals surface area (Å²) in [5, 5.41) is 10.1. The topological polar surface area (TPSA) is 85.3 Å². The summed E-state index contributed by atoms with van der Waals surface area (Å²) < 4.78 is 15.3. The third-order valence-corrected chi connectivity index (χ3v) is 2.98. The van der Waals surface area contributed by atoms with E-state index in [1.807, 2.05) is 0 Å². The van der Waals surface area contributed by atoms with E-state index in [1.165, 1.54) is 12.0 Å². The minimum absolute atomic E-state index is 0.0866. The van der Waals surface area contributed by atoms with Crippen LogP contribution in [-0.4, -0.2) is 59.3 Å². The molecule has 1 N–H and O–H groups in total. The van der Waals surface area contributed by atoms with Crippen LogP contribution < -0.4 is 0 Å². The lowest BCUT2D eigenvalue weighted by atomic mass is 10.1. The molecule has 0 radical (unpaired) electrons. The van der Waals surface area contributed by atoms with E-state index >= 15 is 0 Å². The number of aliphatic hydroxyl groups excluding tert-OH is 1. The van der Waals surface area contributed by atoms with Gasteiger partial charge in [-0.05, 0) is 34.6 Å². The van der Waals surface area contributed by atoms with Crippen molar-refractivity contribution in [3.8, 4) is 11.8 Å². The maximum Gasteiger partial charge on any atom is 0.413 e. The van der Waals surface area contributed by atoms with E-state index < -0.39 is 35.5 Å². The van der Waals surface area contributed by atoms with E-state index in [0.29, 0.717) is 0 Å². The van der Waals surface area contributed by atoms with E-state index in [2.05, 4.69) is 16.6 Å². The van der Waals surface area contributed by atoms with Gasteiger partial charge in [0.2, 0.25) is 0 Å². The number of amides is 1. The van der Waals surface area contributed by atoms with Crippen molar-refractivity contribution in [2.75, 3.05) is 13.7 Å². The number of esters is 1. The molecule has 1 amide bonds. The predicted molar refractivity (Wildman–Crippen MR) is 77.7 cm³/mol. The van der Waals surface area contributed by atoms with Crippen LogP contribution in [0.25, 0.3) is 0 Å². The van der Waals surface area contributed by atoms with Gasteiger partial charge in [0.05, 0.1) is 19.8 Å². The van der Waals surface area contributed by atoms with Gasteiger partial charge in [0.15, 0.2) is 0 Å². The Morgan fingerprint density at radius 2 is 2.00 bits per heavy atom. The molecule has 1 heterocycles. The largest absolute Gasteiger partial charge is 0.459 e. The minimum Gasteiger partial charge on any atom is -0.459 e. The number of methoxy groups -OCH3 is 1.